The molecule has 4 rings (SSSR count). The van der Waals surface area contributed by atoms with Crippen LogP contribution in [0, 0.1) is 13.8 Å². The highest BCUT2D eigenvalue weighted by molar-refractivity contribution is 7.92. The van der Waals surface area contributed by atoms with Crippen LogP contribution in [0.4, 0.5) is 5.69 Å². The van der Waals surface area contributed by atoms with E-state index in [4.69, 9.17) is 11.6 Å². The molecule has 1 atom stereocenters. The first-order chi connectivity index (χ1) is 21.0. The number of anilines is 1. The predicted molar refractivity (Wildman–Crippen MR) is 176 cm³/mol. The summed E-state index contributed by atoms with van der Waals surface area (Å²) in [6.07, 6.45) is 0.249. The van der Waals surface area contributed by atoms with Crippen molar-refractivity contribution in [1.29, 1.82) is 0 Å². The number of rotatable bonds is 12. The van der Waals surface area contributed by atoms with Gasteiger partial charge in [0, 0.05) is 24.0 Å². The summed E-state index contributed by atoms with van der Waals surface area (Å²) < 4.78 is 29.3. The van der Waals surface area contributed by atoms with E-state index in [0.717, 1.165) is 21.0 Å². The maximum absolute atomic E-state index is 14.5. The average Bonchev–Trinajstić information content (AvgIpc) is 3.00. The third-order valence-electron chi connectivity index (χ3n) is 7.29. The molecule has 2 amide bonds. The van der Waals surface area contributed by atoms with Crippen LogP contribution >= 0.6 is 11.6 Å². The van der Waals surface area contributed by atoms with Crippen molar-refractivity contribution in [3.05, 3.63) is 130 Å². The van der Waals surface area contributed by atoms with Crippen molar-refractivity contribution in [1.82, 2.24) is 10.2 Å². The fourth-order valence-corrected chi connectivity index (χ4v) is 6.59. The zero-order valence-electron chi connectivity index (χ0n) is 25.4. The van der Waals surface area contributed by atoms with Crippen molar-refractivity contribution < 1.29 is 18.0 Å². The molecule has 230 valence electrons. The summed E-state index contributed by atoms with van der Waals surface area (Å²) >= 11 is 6.43. The van der Waals surface area contributed by atoms with Gasteiger partial charge >= 0.3 is 0 Å². The first kappa shape index (κ1) is 32.8. The minimum Gasteiger partial charge on any atom is -0.352 e. The largest absolute Gasteiger partial charge is 0.352 e. The minimum absolute atomic E-state index is 0.0376. The van der Waals surface area contributed by atoms with E-state index >= 15 is 0 Å². The van der Waals surface area contributed by atoms with E-state index < -0.39 is 28.5 Å². The van der Waals surface area contributed by atoms with Crippen LogP contribution in [-0.2, 0) is 32.6 Å². The van der Waals surface area contributed by atoms with Crippen molar-refractivity contribution >= 4 is 39.1 Å². The molecule has 0 heterocycles. The first-order valence-electron chi connectivity index (χ1n) is 14.5. The molecule has 0 saturated carbocycles. The highest BCUT2D eigenvalue weighted by atomic mass is 35.5. The Morgan fingerprint density at radius 2 is 1.41 bits per heavy atom. The highest BCUT2D eigenvalue weighted by Gasteiger charge is 2.35. The molecule has 9 heteroatoms. The maximum Gasteiger partial charge on any atom is 0.264 e. The number of hydrogen-bond acceptors (Lipinski definition) is 4. The topological polar surface area (TPSA) is 86.8 Å². The summed E-state index contributed by atoms with van der Waals surface area (Å²) in [6.45, 7) is 6.98. The fraction of sp³-hybridized carbons (Fsp3) is 0.257. The van der Waals surface area contributed by atoms with Crippen molar-refractivity contribution in [3.8, 4) is 0 Å². The van der Waals surface area contributed by atoms with Gasteiger partial charge < -0.3 is 10.2 Å². The molecule has 0 fully saturated rings. The molecule has 0 spiro atoms. The lowest BCUT2D eigenvalue weighted by molar-refractivity contribution is -0.140. The highest BCUT2D eigenvalue weighted by Crippen LogP contribution is 2.31. The normalized spacial score (nSPS) is 12.0. The lowest BCUT2D eigenvalue weighted by Crippen LogP contribution is -2.54. The van der Waals surface area contributed by atoms with Crippen LogP contribution in [0.2, 0.25) is 5.02 Å². The van der Waals surface area contributed by atoms with Crippen LogP contribution in [0.5, 0.6) is 0 Å². The Morgan fingerprint density at radius 3 is 2.02 bits per heavy atom. The van der Waals surface area contributed by atoms with Crippen LogP contribution in [0.1, 0.15) is 36.1 Å². The van der Waals surface area contributed by atoms with Gasteiger partial charge in [0.25, 0.3) is 10.0 Å². The summed E-state index contributed by atoms with van der Waals surface area (Å²) in [6, 6.07) is 29.0. The number of nitrogens with one attached hydrogen (secondary N) is 1. The molecule has 0 aromatic heterocycles. The molecule has 4 aromatic rings. The van der Waals surface area contributed by atoms with Crippen LogP contribution in [0.15, 0.2) is 108 Å². The molecule has 4 aromatic carbocycles. The molecule has 0 aliphatic heterocycles. The molecule has 44 heavy (non-hydrogen) atoms. The monoisotopic (exact) mass is 631 g/mol. The molecule has 0 unspecified atom stereocenters. The van der Waals surface area contributed by atoms with E-state index in [1.54, 1.807) is 43.3 Å². The molecule has 7 nitrogen and oxygen atoms in total. The van der Waals surface area contributed by atoms with E-state index in [-0.39, 0.29) is 35.5 Å². The number of hydrogen-bond donors (Lipinski definition) is 1. The maximum atomic E-state index is 14.5. The summed E-state index contributed by atoms with van der Waals surface area (Å²) in [5, 5.41) is 3.34. The van der Waals surface area contributed by atoms with E-state index in [1.165, 1.54) is 17.0 Å². The Kier molecular flexibility index (Phi) is 10.8. The lowest BCUT2D eigenvalue weighted by Gasteiger charge is -2.34. The van der Waals surface area contributed by atoms with E-state index in [0.29, 0.717) is 10.6 Å². The number of carbonyl (C=O) groups is 2. The quantitative estimate of drug-likeness (QED) is 0.198. The SMILES string of the molecule is Cc1ccc(CN(C(=O)CN(c2cccc(Cl)c2C)S(=O)(=O)c2ccccc2)[C@@H](Cc2ccccc2)C(=O)NC(C)C)cc1. The molecular formula is C35H38ClN3O4S. The van der Waals surface area contributed by atoms with Crippen molar-refractivity contribution in [3.63, 3.8) is 0 Å². The van der Waals surface area contributed by atoms with Gasteiger partial charge in [-0.3, -0.25) is 13.9 Å². The molecule has 0 radical (unpaired) electrons. The molecular weight excluding hydrogens is 594 g/mol. The second kappa shape index (κ2) is 14.6. The Labute approximate surface area is 265 Å². The second-order valence-electron chi connectivity index (χ2n) is 11.1. The van der Waals surface area contributed by atoms with Crippen LogP contribution < -0.4 is 9.62 Å². The van der Waals surface area contributed by atoms with Crippen LogP contribution in [0.3, 0.4) is 0 Å². The summed E-state index contributed by atoms with van der Waals surface area (Å²) in [5.41, 5.74) is 3.55. The molecule has 0 aliphatic carbocycles. The predicted octanol–water partition coefficient (Wildman–Crippen LogP) is 6.32. The van der Waals surface area contributed by atoms with Gasteiger partial charge in [-0.15, -0.1) is 0 Å². The van der Waals surface area contributed by atoms with E-state index in [1.807, 2.05) is 75.4 Å². The zero-order chi connectivity index (χ0) is 31.9. The fourth-order valence-electron chi connectivity index (χ4n) is 4.92. The number of sulfonamides is 1. The minimum atomic E-state index is -4.20. The molecule has 1 N–H and O–H groups in total. The van der Waals surface area contributed by atoms with Gasteiger partial charge in [-0.05, 0) is 68.7 Å². The van der Waals surface area contributed by atoms with E-state index in [9.17, 15) is 18.0 Å². The van der Waals surface area contributed by atoms with Gasteiger partial charge in [-0.1, -0.05) is 96.0 Å². The Bertz CT molecular complexity index is 1680. The Morgan fingerprint density at radius 1 is 0.795 bits per heavy atom. The molecule has 0 bridgehead atoms. The molecule has 0 saturated heterocycles. The second-order valence-corrected chi connectivity index (χ2v) is 13.4. The number of halogens is 1. The average molecular weight is 632 g/mol. The standard InChI is InChI=1S/C35H38ClN3O4S/c1-25(2)37-35(41)33(22-28-12-7-5-8-13-28)38(23-29-20-18-26(3)19-21-29)34(40)24-39(32-17-11-16-31(36)27(32)4)44(42,43)30-14-9-6-10-15-30/h5-21,25,33H,22-24H2,1-4H3,(H,37,41)/t33-/m0/s1. The molecule has 0 aliphatic rings. The van der Waals surface area contributed by atoms with Gasteiger partial charge in [-0.2, -0.15) is 0 Å². The number of benzene rings is 4. The van der Waals surface area contributed by atoms with Crippen molar-refractivity contribution in [2.75, 3.05) is 10.8 Å². The van der Waals surface area contributed by atoms with E-state index in [2.05, 4.69) is 5.32 Å². The third kappa shape index (κ3) is 8.07. The summed E-state index contributed by atoms with van der Waals surface area (Å²) in [4.78, 5) is 29.8. The third-order valence-corrected chi connectivity index (χ3v) is 9.48. The number of nitrogens with zero attached hydrogens (tertiary/aromatic N) is 2. The number of amides is 2. The summed E-state index contributed by atoms with van der Waals surface area (Å²) in [5.74, 6) is -0.843. The summed E-state index contributed by atoms with van der Waals surface area (Å²) in [7, 11) is -4.20. The van der Waals surface area contributed by atoms with Gasteiger partial charge in [-0.25, -0.2) is 8.42 Å². The van der Waals surface area contributed by atoms with Crippen LogP contribution in [0.25, 0.3) is 0 Å². The van der Waals surface area contributed by atoms with Crippen molar-refractivity contribution in [2.45, 2.75) is 57.6 Å². The number of carbonyl (C=O) groups excluding carboxylic acids is 2. The zero-order valence-corrected chi connectivity index (χ0v) is 27.0. The smallest absolute Gasteiger partial charge is 0.264 e. The van der Waals surface area contributed by atoms with Gasteiger partial charge in [0.1, 0.15) is 12.6 Å². The lowest BCUT2D eigenvalue weighted by atomic mass is 10.0. The Balaban J connectivity index is 1.82. The van der Waals surface area contributed by atoms with Gasteiger partial charge in [0.2, 0.25) is 11.8 Å². The van der Waals surface area contributed by atoms with Gasteiger partial charge in [0.05, 0.1) is 10.6 Å². The van der Waals surface area contributed by atoms with Gasteiger partial charge in [0.15, 0.2) is 0 Å². The Hall–Kier alpha value is -4.14. The van der Waals surface area contributed by atoms with Crippen LogP contribution in [-0.4, -0.2) is 43.8 Å². The van der Waals surface area contributed by atoms with Crippen molar-refractivity contribution in [2.24, 2.45) is 0 Å². The number of aryl methyl sites for hydroxylation is 1. The first-order valence-corrected chi connectivity index (χ1v) is 16.3.